The van der Waals surface area contributed by atoms with E-state index in [9.17, 15) is 5.11 Å². The predicted molar refractivity (Wildman–Crippen MR) is 101 cm³/mol. The van der Waals surface area contributed by atoms with E-state index in [0.29, 0.717) is 12.4 Å². The highest BCUT2D eigenvalue weighted by Crippen LogP contribution is 2.41. The van der Waals surface area contributed by atoms with Gasteiger partial charge in [0.15, 0.2) is 17.7 Å². The van der Waals surface area contributed by atoms with Crippen molar-refractivity contribution >= 4 is 0 Å². The van der Waals surface area contributed by atoms with Crippen LogP contribution in [0, 0.1) is 11.8 Å². The van der Waals surface area contributed by atoms with Crippen molar-refractivity contribution in [3.05, 3.63) is 47.7 Å². The number of aliphatic hydroxyl groups is 1. The average molecular weight is 386 g/mol. The fourth-order valence-corrected chi connectivity index (χ4v) is 3.77. The molecule has 0 radical (unpaired) electrons. The number of benzene rings is 1. The lowest BCUT2D eigenvalue weighted by Crippen LogP contribution is -2.55. The van der Waals surface area contributed by atoms with E-state index < -0.39 is 36.0 Å². The van der Waals surface area contributed by atoms with Crippen LogP contribution in [0.2, 0.25) is 0 Å². The largest absolute Gasteiger partial charge is 0.486 e. The topological polar surface area (TPSA) is 66.4 Å². The van der Waals surface area contributed by atoms with E-state index in [1.54, 1.807) is 6.08 Å². The van der Waals surface area contributed by atoms with Crippen molar-refractivity contribution in [1.82, 2.24) is 0 Å². The zero-order valence-electron chi connectivity index (χ0n) is 16.5. The lowest BCUT2D eigenvalue weighted by molar-refractivity contribution is -0.186. The van der Waals surface area contributed by atoms with Gasteiger partial charge >= 0.3 is 0 Å². The summed E-state index contributed by atoms with van der Waals surface area (Å²) in [6.45, 7) is 7.75. The van der Waals surface area contributed by atoms with Gasteiger partial charge in [0, 0.05) is 11.6 Å². The van der Waals surface area contributed by atoms with Crippen molar-refractivity contribution < 1.29 is 28.8 Å². The molecule has 1 aromatic rings. The quantitative estimate of drug-likeness (QED) is 0.748. The summed E-state index contributed by atoms with van der Waals surface area (Å²) in [5.41, 5.74) is 0.884. The van der Waals surface area contributed by atoms with E-state index in [1.807, 2.05) is 58.0 Å². The third-order valence-corrected chi connectivity index (χ3v) is 4.96. The number of rotatable bonds is 1. The highest BCUT2D eigenvalue weighted by atomic mass is 16.8. The van der Waals surface area contributed by atoms with Crippen molar-refractivity contribution in [2.24, 2.45) is 0 Å². The number of ether oxygens (including phenoxy) is 5. The van der Waals surface area contributed by atoms with Crippen molar-refractivity contribution in [2.45, 2.75) is 69.8 Å². The molecule has 0 spiro atoms. The van der Waals surface area contributed by atoms with Crippen LogP contribution in [0.4, 0.5) is 0 Å². The van der Waals surface area contributed by atoms with Crippen molar-refractivity contribution in [3.63, 3.8) is 0 Å². The fourth-order valence-electron chi connectivity index (χ4n) is 3.77. The first-order chi connectivity index (χ1) is 13.2. The van der Waals surface area contributed by atoms with Crippen molar-refractivity contribution in [2.75, 3.05) is 6.61 Å². The second kappa shape index (κ2) is 7.18. The molecule has 1 N–H and O–H groups in total. The highest BCUT2D eigenvalue weighted by molar-refractivity contribution is 5.37. The van der Waals surface area contributed by atoms with Crippen molar-refractivity contribution in [3.8, 4) is 11.8 Å². The van der Waals surface area contributed by atoms with Gasteiger partial charge in [-0.1, -0.05) is 30.0 Å². The van der Waals surface area contributed by atoms with E-state index >= 15 is 0 Å². The Morgan fingerprint density at radius 2 is 1.68 bits per heavy atom. The SMILES string of the molecule is CC1(C)O[C@H]2[C@@H]([C@@H]3COC(C)(C)O3)O/C(=C\C#Cc3ccccc3)[C@@H](O)[C@H]2O1. The summed E-state index contributed by atoms with van der Waals surface area (Å²) in [4.78, 5) is 0. The fraction of sp³-hybridized carbons (Fsp3) is 0.545. The highest BCUT2D eigenvalue weighted by Gasteiger charge is 2.57. The van der Waals surface area contributed by atoms with Crippen LogP contribution in [-0.2, 0) is 23.7 Å². The Balaban J connectivity index is 1.60. The van der Waals surface area contributed by atoms with Gasteiger partial charge in [-0.3, -0.25) is 0 Å². The maximum Gasteiger partial charge on any atom is 0.164 e. The van der Waals surface area contributed by atoms with E-state index in [-0.39, 0.29) is 6.10 Å². The monoisotopic (exact) mass is 386 g/mol. The Labute approximate surface area is 165 Å². The third-order valence-electron chi connectivity index (χ3n) is 4.96. The van der Waals surface area contributed by atoms with Crippen LogP contribution >= 0.6 is 0 Å². The molecule has 0 saturated carbocycles. The standard InChI is InChI=1S/C22H26O6/c1-21(2)24-13-16(26-21)18-20-19(27-22(3,4)28-20)17(23)15(25-18)12-8-11-14-9-6-5-7-10-14/h5-7,9-10,12,16-20,23H,13H2,1-4H3/b15-12-/t16-,17+,18+,19+,20-/m0/s1. The molecule has 3 heterocycles. The second-order valence-electron chi connectivity index (χ2n) is 8.14. The normalized spacial score (nSPS) is 37.0. The summed E-state index contributed by atoms with van der Waals surface area (Å²) in [6, 6.07) is 9.63. The molecule has 0 unspecified atom stereocenters. The van der Waals surface area contributed by atoms with Gasteiger partial charge < -0.3 is 28.8 Å². The molecule has 6 nitrogen and oxygen atoms in total. The molecule has 0 amide bonds. The molecular formula is C22H26O6. The minimum atomic E-state index is -0.969. The summed E-state index contributed by atoms with van der Waals surface area (Å²) in [5.74, 6) is 4.85. The molecule has 0 aromatic heterocycles. The van der Waals surface area contributed by atoms with Crippen molar-refractivity contribution in [1.29, 1.82) is 0 Å². The van der Waals surface area contributed by atoms with E-state index in [1.165, 1.54) is 0 Å². The van der Waals surface area contributed by atoms with Crippen LogP contribution in [0.1, 0.15) is 33.3 Å². The number of hydrogen-bond donors (Lipinski definition) is 1. The molecule has 3 saturated heterocycles. The first-order valence-electron chi connectivity index (χ1n) is 9.53. The smallest absolute Gasteiger partial charge is 0.164 e. The number of fused-ring (bicyclic) bond motifs is 1. The van der Waals surface area contributed by atoms with Crippen LogP contribution < -0.4 is 0 Å². The summed E-state index contributed by atoms with van der Waals surface area (Å²) in [5, 5.41) is 10.8. The van der Waals surface area contributed by atoms with Gasteiger partial charge in [-0.05, 0) is 39.8 Å². The van der Waals surface area contributed by atoms with Gasteiger partial charge in [-0.2, -0.15) is 0 Å². The Morgan fingerprint density at radius 3 is 2.36 bits per heavy atom. The molecule has 3 aliphatic rings. The molecule has 150 valence electrons. The molecule has 5 atom stereocenters. The molecule has 3 fully saturated rings. The summed E-state index contributed by atoms with van der Waals surface area (Å²) < 4.78 is 29.8. The maximum atomic E-state index is 10.8. The van der Waals surface area contributed by atoms with E-state index in [0.717, 1.165) is 5.56 Å². The van der Waals surface area contributed by atoms with Gasteiger partial charge in [0.2, 0.25) is 0 Å². The molecule has 4 rings (SSSR count). The lowest BCUT2D eigenvalue weighted by Gasteiger charge is -2.38. The van der Waals surface area contributed by atoms with Gasteiger partial charge in [-0.25, -0.2) is 0 Å². The van der Waals surface area contributed by atoms with Gasteiger partial charge in [0.1, 0.15) is 30.2 Å². The maximum absolute atomic E-state index is 10.8. The molecular weight excluding hydrogens is 360 g/mol. The van der Waals surface area contributed by atoms with Gasteiger partial charge in [0.05, 0.1) is 6.61 Å². The van der Waals surface area contributed by atoms with E-state index in [4.69, 9.17) is 23.7 Å². The Morgan fingerprint density at radius 1 is 0.964 bits per heavy atom. The second-order valence-corrected chi connectivity index (χ2v) is 8.14. The molecule has 3 aliphatic heterocycles. The minimum absolute atomic E-state index is 0.335. The van der Waals surface area contributed by atoms with E-state index in [2.05, 4.69) is 11.8 Å². The first kappa shape index (κ1) is 19.4. The molecule has 1 aromatic carbocycles. The number of hydrogen-bond acceptors (Lipinski definition) is 6. The zero-order valence-corrected chi connectivity index (χ0v) is 16.5. The zero-order chi connectivity index (χ0) is 19.9. The Bertz CT molecular complexity index is 803. The third kappa shape index (κ3) is 3.95. The van der Waals surface area contributed by atoms with Crippen LogP contribution in [0.15, 0.2) is 42.2 Å². The minimum Gasteiger partial charge on any atom is -0.486 e. The molecule has 28 heavy (non-hydrogen) atoms. The first-order valence-corrected chi connectivity index (χ1v) is 9.53. The Kier molecular flexibility index (Phi) is 4.98. The van der Waals surface area contributed by atoms with Crippen LogP contribution in [0.3, 0.4) is 0 Å². The summed E-state index contributed by atoms with van der Waals surface area (Å²) >= 11 is 0. The van der Waals surface area contributed by atoms with Gasteiger partial charge in [-0.15, -0.1) is 0 Å². The molecule has 0 bridgehead atoms. The molecule has 6 heteroatoms. The van der Waals surface area contributed by atoms with Crippen LogP contribution in [0.5, 0.6) is 0 Å². The lowest BCUT2D eigenvalue weighted by atomic mass is 9.94. The van der Waals surface area contributed by atoms with Gasteiger partial charge in [0.25, 0.3) is 0 Å². The number of allylic oxidation sites excluding steroid dienone is 1. The van der Waals surface area contributed by atoms with Crippen LogP contribution in [-0.4, -0.2) is 53.8 Å². The summed E-state index contributed by atoms with van der Waals surface area (Å²) in [6.07, 6.45) is -1.21. The Hall–Kier alpha value is -1.88. The number of aliphatic hydroxyl groups excluding tert-OH is 1. The summed E-state index contributed by atoms with van der Waals surface area (Å²) in [7, 11) is 0. The van der Waals surface area contributed by atoms with Crippen LogP contribution in [0.25, 0.3) is 0 Å². The molecule has 0 aliphatic carbocycles. The predicted octanol–water partition coefficient (Wildman–Crippen LogP) is 2.35. The average Bonchev–Trinajstić information content (AvgIpc) is 3.16.